The highest BCUT2D eigenvalue weighted by Crippen LogP contribution is 2.23. The summed E-state index contributed by atoms with van der Waals surface area (Å²) in [7, 11) is 0. The molecule has 1 amide bonds. The average Bonchev–Trinajstić information content (AvgIpc) is 2.36. The molecule has 0 saturated carbocycles. The Labute approximate surface area is 107 Å². The summed E-state index contributed by atoms with van der Waals surface area (Å²) in [5.74, 6) is -0.493. The number of nitrogens with two attached hydrogens (primary N) is 1. The number of hydrogen-bond donors (Lipinski definition) is 3. The van der Waals surface area contributed by atoms with Crippen molar-refractivity contribution in [1.29, 1.82) is 0 Å². The maximum atomic E-state index is 11.7. The topological polar surface area (TPSA) is 84.6 Å². The second-order valence-electron chi connectivity index (χ2n) is 3.97. The van der Waals surface area contributed by atoms with Gasteiger partial charge in [-0.1, -0.05) is 13.0 Å². The number of para-hydroxylation sites is 1. The molecular weight excluding hydrogens is 232 g/mol. The lowest BCUT2D eigenvalue weighted by Crippen LogP contribution is -2.25. The zero-order valence-electron chi connectivity index (χ0n) is 10.6. The number of carbonyl (C=O) groups excluding carboxylic acids is 1. The van der Waals surface area contributed by atoms with Gasteiger partial charge in [0.05, 0.1) is 11.3 Å². The van der Waals surface area contributed by atoms with E-state index < -0.39 is 0 Å². The van der Waals surface area contributed by atoms with Gasteiger partial charge in [0.15, 0.2) is 5.75 Å². The highest BCUT2D eigenvalue weighted by molar-refractivity contribution is 5.98. The van der Waals surface area contributed by atoms with Crippen molar-refractivity contribution in [2.45, 2.75) is 19.8 Å². The average molecular weight is 252 g/mol. The predicted octanol–water partition coefficient (Wildman–Crippen LogP) is 1.52. The van der Waals surface area contributed by atoms with Crippen LogP contribution in [0, 0.1) is 0 Å². The number of phenolic OH excluding ortho intramolecular Hbond substituents is 1. The van der Waals surface area contributed by atoms with Gasteiger partial charge in [-0.05, 0) is 25.0 Å². The van der Waals surface area contributed by atoms with Gasteiger partial charge in [0.1, 0.15) is 0 Å². The number of nitrogens with one attached hydrogen (secondary N) is 1. The molecule has 0 aromatic heterocycles. The summed E-state index contributed by atoms with van der Waals surface area (Å²) < 4.78 is 5.29. The van der Waals surface area contributed by atoms with Crippen LogP contribution in [0.25, 0.3) is 0 Å². The third kappa shape index (κ3) is 4.25. The molecule has 100 valence electrons. The fraction of sp³-hybridized carbons (Fsp3) is 0.462. The molecule has 1 aromatic rings. The van der Waals surface area contributed by atoms with Gasteiger partial charge >= 0.3 is 0 Å². The quantitative estimate of drug-likeness (QED) is 0.390. The Morgan fingerprint density at radius 2 is 2.22 bits per heavy atom. The molecule has 0 heterocycles. The fourth-order valence-electron chi connectivity index (χ4n) is 1.46. The number of anilines is 1. The van der Waals surface area contributed by atoms with E-state index in [0.717, 1.165) is 19.4 Å². The van der Waals surface area contributed by atoms with Gasteiger partial charge in [-0.25, -0.2) is 0 Å². The number of phenols is 1. The number of amides is 1. The minimum Gasteiger partial charge on any atom is -0.505 e. The third-order valence-corrected chi connectivity index (χ3v) is 2.41. The molecule has 1 rings (SSSR count). The number of ether oxygens (including phenoxy) is 1. The second kappa shape index (κ2) is 7.55. The summed E-state index contributed by atoms with van der Waals surface area (Å²) in [6.07, 6.45) is 1.73. The number of hydrogen-bond acceptors (Lipinski definition) is 4. The Morgan fingerprint density at radius 3 is 2.94 bits per heavy atom. The van der Waals surface area contributed by atoms with Crippen molar-refractivity contribution < 1.29 is 14.6 Å². The number of nitrogen functional groups attached to an aromatic ring is 1. The molecule has 0 atom stereocenters. The third-order valence-electron chi connectivity index (χ3n) is 2.41. The monoisotopic (exact) mass is 252 g/mol. The van der Waals surface area contributed by atoms with Crippen molar-refractivity contribution in [3.05, 3.63) is 23.8 Å². The molecule has 18 heavy (non-hydrogen) atoms. The predicted molar refractivity (Wildman–Crippen MR) is 70.6 cm³/mol. The van der Waals surface area contributed by atoms with Crippen molar-refractivity contribution >= 4 is 11.6 Å². The van der Waals surface area contributed by atoms with Crippen molar-refractivity contribution in [1.82, 2.24) is 5.32 Å². The van der Waals surface area contributed by atoms with E-state index in [0.29, 0.717) is 13.2 Å². The van der Waals surface area contributed by atoms with E-state index in [4.69, 9.17) is 10.5 Å². The van der Waals surface area contributed by atoms with Crippen LogP contribution in [0.4, 0.5) is 5.69 Å². The van der Waals surface area contributed by atoms with E-state index in [1.807, 2.05) is 6.92 Å². The van der Waals surface area contributed by atoms with Crippen molar-refractivity contribution in [2.24, 2.45) is 0 Å². The molecule has 5 heteroatoms. The van der Waals surface area contributed by atoms with Gasteiger partial charge in [0.25, 0.3) is 5.91 Å². The minimum atomic E-state index is -0.324. The Balaban J connectivity index is 2.35. The molecule has 0 aliphatic heterocycles. The maximum Gasteiger partial charge on any atom is 0.255 e. The summed E-state index contributed by atoms with van der Waals surface area (Å²) in [6.45, 7) is 3.92. The van der Waals surface area contributed by atoms with E-state index in [1.165, 1.54) is 6.07 Å². The van der Waals surface area contributed by atoms with Crippen molar-refractivity contribution in [2.75, 3.05) is 25.5 Å². The van der Waals surface area contributed by atoms with Crippen LogP contribution in [0.15, 0.2) is 18.2 Å². The van der Waals surface area contributed by atoms with Crippen LogP contribution in [0.5, 0.6) is 5.75 Å². The number of benzene rings is 1. The van der Waals surface area contributed by atoms with E-state index in [2.05, 4.69) is 5.32 Å². The van der Waals surface area contributed by atoms with Gasteiger partial charge in [-0.3, -0.25) is 4.79 Å². The molecule has 4 N–H and O–H groups in total. The molecule has 0 unspecified atom stereocenters. The van der Waals surface area contributed by atoms with Gasteiger partial charge in [-0.2, -0.15) is 0 Å². The van der Waals surface area contributed by atoms with Crippen LogP contribution in [-0.2, 0) is 4.74 Å². The molecule has 1 aromatic carbocycles. The summed E-state index contributed by atoms with van der Waals surface area (Å²) >= 11 is 0. The molecule has 0 bridgehead atoms. The van der Waals surface area contributed by atoms with E-state index in [-0.39, 0.29) is 22.9 Å². The van der Waals surface area contributed by atoms with Crippen LogP contribution in [0.1, 0.15) is 30.1 Å². The lowest BCUT2D eigenvalue weighted by atomic mass is 10.1. The van der Waals surface area contributed by atoms with Gasteiger partial charge < -0.3 is 20.9 Å². The zero-order chi connectivity index (χ0) is 13.4. The highest BCUT2D eigenvalue weighted by atomic mass is 16.5. The molecular formula is C13H20N2O3. The lowest BCUT2D eigenvalue weighted by molar-refractivity contribution is 0.0939. The van der Waals surface area contributed by atoms with E-state index in [1.54, 1.807) is 12.1 Å². The molecule has 5 nitrogen and oxygen atoms in total. The Kier molecular flexibility index (Phi) is 6.00. The molecule has 0 spiro atoms. The van der Waals surface area contributed by atoms with Gasteiger partial charge in [0.2, 0.25) is 0 Å². The molecule has 0 radical (unpaired) electrons. The van der Waals surface area contributed by atoms with Crippen LogP contribution in [-0.4, -0.2) is 30.8 Å². The largest absolute Gasteiger partial charge is 0.505 e. The smallest absolute Gasteiger partial charge is 0.255 e. The Hall–Kier alpha value is -1.75. The van der Waals surface area contributed by atoms with Crippen LogP contribution in [0.3, 0.4) is 0 Å². The second-order valence-corrected chi connectivity index (χ2v) is 3.97. The number of carbonyl (C=O) groups is 1. The molecule has 0 aliphatic rings. The zero-order valence-corrected chi connectivity index (χ0v) is 10.6. The van der Waals surface area contributed by atoms with Gasteiger partial charge in [0, 0.05) is 19.8 Å². The van der Waals surface area contributed by atoms with Crippen LogP contribution in [0.2, 0.25) is 0 Å². The maximum absolute atomic E-state index is 11.7. The first kappa shape index (κ1) is 14.3. The Bertz CT molecular complexity index is 394. The molecule has 0 saturated heterocycles. The summed E-state index contributed by atoms with van der Waals surface area (Å²) in [6, 6.07) is 4.72. The Morgan fingerprint density at radius 1 is 1.44 bits per heavy atom. The lowest BCUT2D eigenvalue weighted by Gasteiger charge is -2.08. The first-order valence-corrected chi connectivity index (χ1v) is 6.10. The van der Waals surface area contributed by atoms with Crippen molar-refractivity contribution in [3.63, 3.8) is 0 Å². The first-order chi connectivity index (χ1) is 8.66. The first-order valence-electron chi connectivity index (χ1n) is 6.10. The van der Waals surface area contributed by atoms with Crippen LogP contribution >= 0.6 is 0 Å². The summed E-state index contributed by atoms with van der Waals surface area (Å²) in [5.41, 5.74) is 5.92. The van der Waals surface area contributed by atoms with E-state index >= 15 is 0 Å². The standard InChI is InChI=1S/C13H20N2O3/c1-2-8-18-9-4-7-15-13(17)10-5-3-6-11(14)12(10)16/h3,5-6,16H,2,4,7-9,14H2,1H3,(H,15,17). The summed E-state index contributed by atoms with van der Waals surface area (Å²) in [5, 5.41) is 12.3. The van der Waals surface area contributed by atoms with Crippen LogP contribution < -0.4 is 11.1 Å². The normalized spacial score (nSPS) is 10.3. The highest BCUT2D eigenvalue weighted by Gasteiger charge is 2.11. The van der Waals surface area contributed by atoms with Crippen molar-refractivity contribution in [3.8, 4) is 5.75 Å². The number of rotatable bonds is 7. The fourth-order valence-corrected chi connectivity index (χ4v) is 1.46. The van der Waals surface area contributed by atoms with E-state index in [9.17, 15) is 9.90 Å². The molecule has 0 fully saturated rings. The SMILES string of the molecule is CCCOCCCNC(=O)c1cccc(N)c1O. The minimum absolute atomic E-state index is 0.169. The van der Waals surface area contributed by atoms with Gasteiger partial charge in [-0.15, -0.1) is 0 Å². The summed E-state index contributed by atoms with van der Waals surface area (Å²) in [4.78, 5) is 11.7. The number of aromatic hydroxyl groups is 1. The molecule has 0 aliphatic carbocycles.